The summed E-state index contributed by atoms with van der Waals surface area (Å²) in [7, 11) is 0. The molecule has 7 heteroatoms. The van der Waals surface area contributed by atoms with Gasteiger partial charge in [0.25, 0.3) is 5.91 Å². The molecule has 6 nitrogen and oxygen atoms in total. The topological polar surface area (TPSA) is 62.8 Å². The Balaban J connectivity index is 1.48. The zero-order chi connectivity index (χ0) is 21.2. The van der Waals surface area contributed by atoms with Crippen LogP contribution < -0.4 is 15.4 Å². The molecule has 1 heterocycles. The fourth-order valence-corrected chi connectivity index (χ4v) is 3.32. The fraction of sp³-hybridized carbons (Fsp3) is 0.391. The second kappa shape index (κ2) is 11.6. The predicted molar refractivity (Wildman–Crippen MR) is 123 cm³/mol. The van der Waals surface area contributed by atoms with Crippen LogP contribution in [0.4, 0.5) is 5.69 Å². The van der Waals surface area contributed by atoms with Gasteiger partial charge in [0.15, 0.2) is 5.11 Å². The predicted octanol–water partition coefficient (Wildman–Crippen LogP) is 3.82. The summed E-state index contributed by atoms with van der Waals surface area (Å²) < 4.78 is 11.0. The van der Waals surface area contributed by atoms with E-state index in [9.17, 15) is 4.79 Å². The Morgan fingerprint density at radius 2 is 1.93 bits per heavy atom. The molecule has 0 aliphatic carbocycles. The molecule has 0 spiro atoms. The lowest BCUT2D eigenvalue weighted by molar-refractivity contribution is 0.0342. The lowest BCUT2D eigenvalue weighted by Gasteiger charge is -2.26. The molecular weight excluding hydrogens is 398 g/mol. The molecule has 2 N–H and O–H groups in total. The van der Waals surface area contributed by atoms with Gasteiger partial charge in [0, 0.05) is 30.9 Å². The normalized spacial score (nSPS) is 14.2. The smallest absolute Gasteiger partial charge is 0.257 e. The third-order valence-electron chi connectivity index (χ3n) is 4.81. The minimum absolute atomic E-state index is 0.262. The van der Waals surface area contributed by atoms with E-state index in [0.29, 0.717) is 17.9 Å². The van der Waals surface area contributed by atoms with E-state index >= 15 is 0 Å². The number of nitrogens with zero attached hydrogens (tertiary/aromatic N) is 1. The summed E-state index contributed by atoms with van der Waals surface area (Å²) in [5, 5.41) is 6.05. The standard InChI is InChI=1S/C23H29N3O3S/c1-2-3-13-29-21-6-4-5-19(16-21)22(27)25-23(30)24-20-9-7-18(8-10-20)17-26-11-14-28-15-12-26/h4-10,16H,2-3,11-15,17H2,1H3,(H2,24,25,27,30). The van der Waals surface area contributed by atoms with Crippen molar-refractivity contribution in [3.8, 4) is 5.75 Å². The first-order chi connectivity index (χ1) is 14.6. The largest absolute Gasteiger partial charge is 0.494 e. The number of thiocarbonyl (C=S) groups is 1. The van der Waals surface area contributed by atoms with E-state index in [4.69, 9.17) is 21.7 Å². The molecule has 0 bridgehead atoms. The SMILES string of the molecule is CCCCOc1cccc(C(=O)NC(=S)Nc2ccc(CN3CCOCC3)cc2)c1. The van der Waals surface area contributed by atoms with Crippen molar-refractivity contribution in [1.82, 2.24) is 10.2 Å². The average Bonchev–Trinajstić information content (AvgIpc) is 2.76. The first-order valence-corrected chi connectivity index (χ1v) is 10.8. The molecule has 0 unspecified atom stereocenters. The number of amides is 1. The summed E-state index contributed by atoms with van der Waals surface area (Å²) in [6.07, 6.45) is 2.05. The van der Waals surface area contributed by atoms with E-state index in [0.717, 1.165) is 51.4 Å². The number of carbonyl (C=O) groups is 1. The summed E-state index contributed by atoms with van der Waals surface area (Å²) in [4.78, 5) is 14.9. The maximum atomic E-state index is 12.5. The highest BCUT2D eigenvalue weighted by Crippen LogP contribution is 2.15. The Hall–Kier alpha value is -2.48. The van der Waals surface area contributed by atoms with Crippen LogP contribution in [0.25, 0.3) is 0 Å². The number of carbonyl (C=O) groups excluding carboxylic acids is 1. The van der Waals surface area contributed by atoms with Gasteiger partial charge >= 0.3 is 0 Å². The van der Waals surface area contributed by atoms with Crippen LogP contribution in [0.15, 0.2) is 48.5 Å². The van der Waals surface area contributed by atoms with Crippen molar-refractivity contribution >= 4 is 28.9 Å². The highest BCUT2D eigenvalue weighted by atomic mass is 32.1. The molecule has 160 valence electrons. The van der Waals surface area contributed by atoms with E-state index in [2.05, 4.69) is 34.6 Å². The zero-order valence-corrected chi connectivity index (χ0v) is 18.2. The van der Waals surface area contributed by atoms with Crippen LogP contribution in [0.2, 0.25) is 0 Å². The molecule has 1 saturated heterocycles. The monoisotopic (exact) mass is 427 g/mol. The Morgan fingerprint density at radius 3 is 2.67 bits per heavy atom. The summed E-state index contributed by atoms with van der Waals surface area (Å²) in [6, 6.07) is 15.2. The third kappa shape index (κ3) is 7.09. The lowest BCUT2D eigenvalue weighted by atomic mass is 10.2. The molecule has 3 rings (SSSR count). The molecule has 30 heavy (non-hydrogen) atoms. The maximum absolute atomic E-state index is 12.5. The van der Waals surface area contributed by atoms with Crippen molar-refractivity contribution in [2.45, 2.75) is 26.3 Å². The van der Waals surface area contributed by atoms with Crippen LogP contribution in [-0.2, 0) is 11.3 Å². The molecule has 1 aliphatic rings. The van der Waals surface area contributed by atoms with Crippen molar-refractivity contribution in [2.75, 3.05) is 38.2 Å². The van der Waals surface area contributed by atoms with E-state index < -0.39 is 0 Å². The van der Waals surface area contributed by atoms with Gasteiger partial charge in [0.05, 0.1) is 19.8 Å². The quantitative estimate of drug-likeness (QED) is 0.493. The number of hydrogen-bond donors (Lipinski definition) is 2. The van der Waals surface area contributed by atoms with E-state index in [1.165, 1.54) is 5.56 Å². The third-order valence-corrected chi connectivity index (χ3v) is 5.02. The number of ether oxygens (including phenoxy) is 2. The van der Waals surface area contributed by atoms with Crippen LogP contribution >= 0.6 is 12.2 Å². The van der Waals surface area contributed by atoms with E-state index in [1.54, 1.807) is 18.2 Å². The van der Waals surface area contributed by atoms with E-state index in [-0.39, 0.29) is 11.0 Å². The maximum Gasteiger partial charge on any atom is 0.257 e. The summed E-state index contributed by atoms with van der Waals surface area (Å²) >= 11 is 5.30. The Morgan fingerprint density at radius 1 is 1.17 bits per heavy atom. The number of morpholine rings is 1. The molecule has 1 amide bonds. The second-order valence-electron chi connectivity index (χ2n) is 7.22. The Bertz CT molecular complexity index is 836. The van der Waals surface area contributed by atoms with Crippen molar-refractivity contribution < 1.29 is 14.3 Å². The number of rotatable bonds is 8. The van der Waals surface area contributed by atoms with Crippen LogP contribution in [0.1, 0.15) is 35.7 Å². The van der Waals surface area contributed by atoms with Crippen LogP contribution in [-0.4, -0.2) is 48.8 Å². The Labute approximate surface area is 183 Å². The van der Waals surface area contributed by atoms with Crippen LogP contribution in [0, 0.1) is 0 Å². The number of unbranched alkanes of at least 4 members (excludes halogenated alkanes) is 1. The van der Waals surface area contributed by atoms with Crippen molar-refractivity contribution in [2.24, 2.45) is 0 Å². The molecular formula is C23H29N3O3S. The Kier molecular flexibility index (Phi) is 8.62. The van der Waals surface area contributed by atoms with Gasteiger partial charge in [-0.3, -0.25) is 15.0 Å². The van der Waals surface area contributed by atoms with Crippen LogP contribution in [0.3, 0.4) is 0 Å². The first-order valence-electron chi connectivity index (χ1n) is 10.4. The van der Waals surface area contributed by atoms with E-state index in [1.807, 2.05) is 18.2 Å². The van der Waals surface area contributed by atoms with Gasteiger partial charge in [0.1, 0.15) is 5.75 Å². The number of anilines is 1. The summed E-state index contributed by atoms with van der Waals surface area (Å²) in [5.41, 5.74) is 2.58. The van der Waals surface area contributed by atoms with Gasteiger partial charge in [-0.15, -0.1) is 0 Å². The molecule has 2 aromatic carbocycles. The molecule has 0 radical (unpaired) electrons. The molecule has 2 aromatic rings. The van der Waals surface area contributed by atoms with Crippen LogP contribution in [0.5, 0.6) is 5.75 Å². The van der Waals surface area contributed by atoms with Crippen molar-refractivity contribution in [3.05, 3.63) is 59.7 Å². The van der Waals surface area contributed by atoms with Gasteiger partial charge in [-0.1, -0.05) is 31.5 Å². The molecule has 0 saturated carbocycles. The first kappa shape index (κ1) is 22.2. The number of nitrogens with one attached hydrogen (secondary N) is 2. The molecule has 0 aromatic heterocycles. The average molecular weight is 428 g/mol. The zero-order valence-electron chi connectivity index (χ0n) is 17.4. The van der Waals surface area contributed by atoms with Gasteiger partial charge < -0.3 is 14.8 Å². The minimum atomic E-state index is -0.266. The second-order valence-corrected chi connectivity index (χ2v) is 7.63. The molecule has 1 fully saturated rings. The molecule has 1 aliphatic heterocycles. The lowest BCUT2D eigenvalue weighted by Crippen LogP contribution is -2.35. The fourth-order valence-electron chi connectivity index (χ4n) is 3.11. The van der Waals surface area contributed by atoms with Gasteiger partial charge in [0.2, 0.25) is 0 Å². The van der Waals surface area contributed by atoms with Crippen molar-refractivity contribution in [3.63, 3.8) is 0 Å². The number of hydrogen-bond acceptors (Lipinski definition) is 5. The minimum Gasteiger partial charge on any atom is -0.494 e. The summed E-state index contributed by atoms with van der Waals surface area (Å²) in [6.45, 7) is 7.16. The number of benzene rings is 2. The summed E-state index contributed by atoms with van der Waals surface area (Å²) in [5.74, 6) is 0.420. The van der Waals surface area contributed by atoms with Gasteiger partial charge in [-0.25, -0.2) is 0 Å². The van der Waals surface area contributed by atoms with Gasteiger partial charge in [-0.2, -0.15) is 0 Å². The van der Waals surface area contributed by atoms with Gasteiger partial charge in [-0.05, 0) is 54.5 Å². The highest BCUT2D eigenvalue weighted by molar-refractivity contribution is 7.80. The van der Waals surface area contributed by atoms with Crippen molar-refractivity contribution in [1.29, 1.82) is 0 Å². The molecule has 0 atom stereocenters. The highest BCUT2D eigenvalue weighted by Gasteiger charge is 2.11.